The molecule has 0 aromatic heterocycles. The van der Waals surface area contributed by atoms with Crippen molar-refractivity contribution in [3.8, 4) is 6.07 Å². The van der Waals surface area contributed by atoms with Gasteiger partial charge in [0.2, 0.25) is 5.91 Å². The van der Waals surface area contributed by atoms with Crippen LogP contribution in [0.25, 0.3) is 0 Å². The molecule has 1 aromatic rings. The largest absolute Gasteiger partial charge is 0.382 e. The predicted molar refractivity (Wildman–Crippen MR) is 70.4 cm³/mol. The Bertz CT molecular complexity index is 454. The number of rotatable bonds is 7. The number of carbonyl (C=O) groups excluding carboxylic acids is 1. The first kappa shape index (κ1) is 15.2. The molecule has 0 aliphatic heterocycles. The van der Waals surface area contributed by atoms with E-state index in [0.29, 0.717) is 13.2 Å². The summed E-state index contributed by atoms with van der Waals surface area (Å²) in [5.74, 6) is -0.314. The van der Waals surface area contributed by atoms with E-state index in [2.05, 4.69) is 11.4 Å². The molecule has 102 valence electrons. The van der Waals surface area contributed by atoms with Gasteiger partial charge in [-0.15, -0.1) is 0 Å². The van der Waals surface area contributed by atoms with Gasteiger partial charge >= 0.3 is 0 Å². The highest BCUT2D eigenvalue weighted by atomic mass is 16.5. The summed E-state index contributed by atoms with van der Waals surface area (Å²) in [6, 6.07) is 8.89. The van der Waals surface area contributed by atoms with Gasteiger partial charge in [0.25, 0.3) is 0 Å². The van der Waals surface area contributed by atoms with Gasteiger partial charge < -0.3 is 14.8 Å². The van der Waals surface area contributed by atoms with E-state index in [1.165, 1.54) is 0 Å². The van der Waals surface area contributed by atoms with Gasteiger partial charge in [0, 0.05) is 7.11 Å². The first-order valence-corrected chi connectivity index (χ1v) is 6.00. The number of benzene rings is 1. The molecule has 1 aromatic carbocycles. The number of aryl methyl sites for hydroxylation is 1. The monoisotopic (exact) mass is 262 g/mol. The Morgan fingerprint density at radius 1 is 1.42 bits per heavy atom. The highest BCUT2D eigenvalue weighted by molar-refractivity contribution is 5.78. The molecule has 0 heterocycles. The molecule has 1 amide bonds. The second kappa shape index (κ2) is 8.25. The minimum Gasteiger partial charge on any atom is -0.382 e. The van der Waals surface area contributed by atoms with Gasteiger partial charge in [-0.25, -0.2) is 0 Å². The molecule has 5 heteroatoms. The average Bonchev–Trinajstić information content (AvgIpc) is 2.42. The molecule has 1 atom stereocenters. The van der Waals surface area contributed by atoms with E-state index in [1.807, 2.05) is 31.2 Å². The highest BCUT2D eigenvalue weighted by Gasteiger charge is 2.15. The molecule has 0 aliphatic rings. The van der Waals surface area contributed by atoms with E-state index in [9.17, 15) is 4.79 Å². The lowest BCUT2D eigenvalue weighted by atomic mass is 10.0. The normalized spacial score (nSPS) is 11.6. The van der Waals surface area contributed by atoms with Gasteiger partial charge in [-0.2, -0.15) is 5.26 Å². The van der Waals surface area contributed by atoms with E-state index in [1.54, 1.807) is 7.11 Å². The van der Waals surface area contributed by atoms with Crippen molar-refractivity contribution in [3.05, 3.63) is 35.4 Å². The first-order valence-electron chi connectivity index (χ1n) is 6.00. The molecule has 1 N–H and O–H groups in total. The Morgan fingerprint density at radius 2 is 2.16 bits per heavy atom. The maximum atomic E-state index is 11.6. The number of amides is 1. The number of methoxy groups -OCH3 is 1. The van der Waals surface area contributed by atoms with Gasteiger partial charge in [0.05, 0.1) is 19.3 Å². The smallest absolute Gasteiger partial charge is 0.247 e. The van der Waals surface area contributed by atoms with Crippen molar-refractivity contribution < 1.29 is 14.3 Å². The van der Waals surface area contributed by atoms with E-state index >= 15 is 0 Å². The number of ether oxygens (including phenoxy) is 2. The Kier molecular flexibility index (Phi) is 6.58. The summed E-state index contributed by atoms with van der Waals surface area (Å²) in [7, 11) is 1.56. The SMILES string of the molecule is COCCOCC(=O)N[C@H](C#N)c1ccccc1C. The number of nitrogens with one attached hydrogen (secondary N) is 1. The molecule has 0 unspecified atom stereocenters. The molecule has 0 aliphatic carbocycles. The molecule has 1 rings (SSSR count). The number of hydrogen-bond donors (Lipinski definition) is 1. The van der Waals surface area contributed by atoms with Gasteiger partial charge in [-0.05, 0) is 18.1 Å². The predicted octanol–water partition coefficient (Wildman–Crippen LogP) is 1.34. The molecule has 0 saturated carbocycles. The quantitative estimate of drug-likeness (QED) is 0.753. The highest BCUT2D eigenvalue weighted by Crippen LogP contribution is 2.16. The Labute approximate surface area is 113 Å². The second-order valence-corrected chi connectivity index (χ2v) is 4.03. The maximum Gasteiger partial charge on any atom is 0.247 e. The molecule has 5 nitrogen and oxygen atoms in total. The lowest BCUT2D eigenvalue weighted by Gasteiger charge is -2.14. The maximum absolute atomic E-state index is 11.6. The number of nitrogens with zero attached hydrogens (tertiary/aromatic N) is 1. The fraction of sp³-hybridized carbons (Fsp3) is 0.429. The second-order valence-electron chi connectivity index (χ2n) is 4.03. The van der Waals surface area contributed by atoms with Crippen molar-refractivity contribution in [2.24, 2.45) is 0 Å². The van der Waals surface area contributed by atoms with Crippen molar-refractivity contribution in [1.29, 1.82) is 5.26 Å². The summed E-state index contributed by atoms with van der Waals surface area (Å²) in [6.07, 6.45) is 0. The lowest BCUT2D eigenvalue weighted by molar-refractivity contribution is -0.126. The summed E-state index contributed by atoms with van der Waals surface area (Å²) in [4.78, 5) is 11.6. The van der Waals surface area contributed by atoms with Crippen LogP contribution in [0.1, 0.15) is 17.2 Å². The minimum atomic E-state index is -0.653. The van der Waals surface area contributed by atoms with E-state index < -0.39 is 6.04 Å². The van der Waals surface area contributed by atoms with E-state index in [-0.39, 0.29) is 12.5 Å². The zero-order valence-electron chi connectivity index (χ0n) is 11.2. The van der Waals surface area contributed by atoms with E-state index in [4.69, 9.17) is 14.7 Å². The van der Waals surface area contributed by atoms with Crippen LogP contribution in [-0.4, -0.2) is 32.8 Å². The summed E-state index contributed by atoms with van der Waals surface area (Å²) in [5.41, 5.74) is 1.77. The standard InChI is InChI=1S/C14H18N2O3/c1-11-5-3-4-6-12(11)13(9-15)16-14(17)10-19-8-7-18-2/h3-6,13H,7-8,10H2,1-2H3,(H,16,17)/t13-/m1/s1. The molecule has 0 bridgehead atoms. The zero-order chi connectivity index (χ0) is 14.1. The third kappa shape index (κ3) is 5.08. The van der Waals surface area contributed by atoms with Crippen LogP contribution in [-0.2, 0) is 14.3 Å². The number of nitriles is 1. The molecule has 0 saturated heterocycles. The Morgan fingerprint density at radius 3 is 2.79 bits per heavy atom. The van der Waals surface area contributed by atoms with Crippen LogP contribution < -0.4 is 5.32 Å². The van der Waals surface area contributed by atoms with Crippen molar-refractivity contribution in [2.45, 2.75) is 13.0 Å². The molecular formula is C14H18N2O3. The van der Waals surface area contributed by atoms with Crippen LogP contribution in [0.4, 0.5) is 0 Å². The summed E-state index contributed by atoms with van der Waals surface area (Å²) in [6.45, 7) is 2.62. The topological polar surface area (TPSA) is 71.3 Å². The fourth-order valence-corrected chi connectivity index (χ4v) is 1.60. The third-order valence-corrected chi connectivity index (χ3v) is 2.60. The van der Waals surface area contributed by atoms with Crippen molar-refractivity contribution in [2.75, 3.05) is 26.9 Å². The van der Waals surface area contributed by atoms with Gasteiger partial charge in [0.15, 0.2) is 0 Å². The van der Waals surface area contributed by atoms with Crippen LogP contribution in [0.5, 0.6) is 0 Å². The zero-order valence-corrected chi connectivity index (χ0v) is 11.2. The van der Waals surface area contributed by atoms with Crippen LogP contribution in [0, 0.1) is 18.3 Å². The number of carbonyl (C=O) groups is 1. The van der Waals surface area contributed by atoms with Gasteiger partial charge in [-0.3, -0.25) is 4.79 Å². The third-order valence-electron chi connectivity index (χ3n) is 2.60. The molecule has 0 fully saturated rings. The lowest BCUT2D eigenvalue weighted by Crippen LogP contribution is -2.31. The van der Waals surface area contributed by atoms with Crippen LogP contribution >= 0.6 is 0 Å². The van der Waals surface area contributed by atoms with Crippen molar-refractivity contribution in [1.82, 2.24) is 5.32 Å². The molecule has 0 spiro atoms. The van der Waals surface area contributed by atoms with Gasteiger partial charge in [0.1, 0.15) is 12.6 Å². The summed E-state index contributed by atoms with van der Waals surface area (Å²) in [5, 5.41) is 11.8. The molecule has 19 heavy (non-hydrogen) atoms. The summed E-state index contributed by atoms with van der Waals surface area (Å²) >= 11 is 0. The first-order chi connectivity index (χ1) is 9.19. The average molecular weight is 262 g/mol. The number of hydrogen-bond acceptors (Lipinski definition) is 4. The minimum absolute atomic E-state index is 0.0760. The Hall–Kier alpha value is -1.90. The fourth-order valence-electron chi connectivity index (χ4n) is 1.60. The van der Waals surface area contributed by atoms with Crippen molar-refractivity contribution >= 4 is 5.91 Å². The van der Waals surface area contributed by atoms with Gasteiger partial charge in [-0.1, -0.05) is 24.3 Å². The summed E-state index contributed by atoms with van der Waals surface area (Å²) < 4.78 is 9.90. The Balaban J connectivity index is 2.52. The van der Waals surface area contributed by atoms with Crippen LogP contribution in [0.3, 0.4) is 0 Å². The van der Waals surface area contributed by atoms with E-state index in [0.717, 1.165) is 11.1 Å². The van der Waals surface area contributed by atoms with Crippen LogP contribution in [0.15, 0.2) is 24.3 Å². The molecule has 0 radical (unpaired) electrons. The molecular weight excluding hydrogens is 244 g/mol. The van der Waals surface area contributed by atoms with Crippen molar-refractivity contribution in [3.63, 3.8) is 0 Å². The van der Waals surface area contributed by atoms with Crippen LogP contribution in [0.2, 0.25) is 0 Å².